The van der Waals surface area contributed by atoms with Gasteiger partial charge in [-0.3, -0.25) is 9.59 Å². The first kappa shape index (κ1) is 27.7. The zero-order valence-electron chi connectivity index (χ0n) is 22.9. The highest BCUT2D eigenvalue weighted by atomic mass is 16.3. The topological polar surface area (TPSA) is 141 Å². The molecule has 2 aromatic carbocycles. The van der Waals surface area contributed by atoms with E-state index in [9.17, 15) is 30.0 Å². The molecular formula is C35H28O8. The number of aliphatic hydroxyl groups excluding tert-OH is 2. The molecule has 4 N–H and O–H groups in total. The molecule has 0 fully saturated rings. The Balaban J connectivity index is 1.31. The maximum atomic E-state index is 12.9. The molecule has 0 spiro atoms. The normalized spacial score (nSPS) is 20.8. The standard InChI is InChI=1S/C35H28O8/c36-18-28-24(14-22(16-32(28)40)34-3-1-9-42-34)26-12-20(5-7-30(26)38)11-21-6-8-31(39)27(13-21)25-15-23(35-4-2-10-43-35)17-33(41)29(25)19-37/h1-10,12-13,16-19,24-25,36-39H,11,14-15H2/b28-18-,29-19-. The van der Waals surface area contributed by atoms with Crippen molar-refractivity contribution < 1.29 is 38.8 Å². The van der Waals surface area contributed by atoms with Gasteiger partial charge < -0.3 is 29.3 Å². The highest BCUT2D eigenvalue weighted by Gasteiger charge is 2.33. The minimum atomic E-state index is -0.602. The average molecular weight is 577 g/mol. The molecule has 216 valence electrons. The molecule has 0 radical (unpaired) electrons. The van der Waals surface area contributed by atoms with Gasteiger partial charge >= 0.3 is 0 Å². The molecule has 8 nitrogen and oxygen atoms in total. The number of phenolic OH excluding ortho intramolecular Hbond substituents is 2. The number of ketones is 2. The lowest BCUT2D eigenvalue weighted by Gasteiger charge is -2.25. The minimum Gasteiger partial charge on any atom is -0.515 e. The second-order valence-corrected chi connectivity index (χ2v) is 10.7. The number of rotatable bonds is 6. The highest BCUT2D eigenvalue weighted by molar-refractivity contribution is 6.11. The molecule has 0 aliphatic heterocycles. The third-order valence-corrected chi connectivity index (χ3v) is 8.08. The minimum absolute atomic E-state index is 0.0105. The Morgan fingerprint density at radius 2 is 1.12 bits per heavy atom. The lowest BCUT2D eigenvalue weighted by atomic mass is 9.77. The van der Waals surface area contributed by atoms with Gasteiger partial charge in [0.1, 0.15) is 23.0 Å². The maximum absolute atomic E-state index is 12.9. The van der Waals surface area contributed by atoms with Gasteiger partial charge in [-0.1, -0.05) is 24.3 Å². The SMILES string of the molecule is O=C1C=C(c2ccco2)CC(c2cc(Cc3ccc(O)c(C4CC(c5ccco5)=CC(=O)/C4=C\O)c3)ccc2O)/C1=C/O. The summed E-state index contributed by atoms with van der Waals surface area (Å²) in [4.78, 5) is 25.8. The molecule has 2 aliphatic rings. The molecule has 0 saturated carbocycles. The van der Waals surface area contributed by atoms with Gasteiger partial charge in [-0.05, 0) is 90.1 Å². The third kappa shape index (κ3) is 5.30. The first-order valence-electron chi connectivity index (χ1n) is 13.8. The van der Waals surface area contributed by atoms with Gasteiger partial charge in [-0.2, -0.15) is 0 Å². The van der Waals surface area contributed by atoms with Crippen molar-refractivity contribution in [3.63, 3.8) is 0 Å². The van der Waals surface area contributed by atoms with Crippen LogP contribution in [-0.4, -0.2) is 32.0 Å². The van der Waals surface area contributed by atoms with E-state index < -0.39 is 11.8 Å². The zero-order chi connectivity index (χ0) is 30.1. The first-order valence-corrected chi connectivity index (χ1v) is 13.8. The van der Waals surface area contributed by atoms with Crippen LogP contribution in [0.25, 0.3) is 11.1 Å². The van der Waals surface area contributed by atoms with Crippen molar-refractivity contribution in [2.75, 3.05) is 0 Å². The molecule has 0 amide bonds. The number of allylic oxidation sites excluding steroid dienone is 6. The van der Waals surface area contributed by atoms with Crippen molar-refractivity contribution in [1.82, 2.24) is 0 Å². The molecule has 2 unspecified atom stereocenters. The Labute approximate surface area is 246 Å². The van der Waals surface area contributed by atoms with Gasteiger partial charge in [-0.15, -0.1) is 0 Å². The second kappa shape index (κ2) is 11.4. The Kier molecular flexibility index (Phi) is 7.34. The predicted octanol–water partition coefficient (Wildman–Crippen LogP) is 7.04. The zero-order valence-corrected chi connectivity index (χ0v) is 22.9. The van der Waals surface area contributed by atoms with Crippen LogP contribution in [0.5, 0.6) is 11.5 Å². The highest BCUT2D eigenvalue weighted by Crippen LogP contribution is 2.44. The molecule has 2 atom stereocenters. The van der Waals surface area contributed by atoms with Gasteiger partial charge in [0.25, 0.3) is 0 Å². The number of carbonyl (C=O) groups is 2. The summed E-state index contributed by atoms with van der Waals surface area (Å²) in [7, 11) is 0. The van der Waals surface area contributed by atoms with E-state index in [-0.39, 0.29) is 34.2 Å². The summed E-state index contributed by atoms with van der Waals surface area (Å²) in [5.41, 5.74) is 4.26. The summed E-state index contributed by atoms with van der Waals surface area (Å²) >= 11 is 0. The molecule has 4 aromatic rings. The first-order chi connectivity index (χ1) is 20.9. The Morgan fingerprint density at radius 3 is 1.49 bits per heavy atom. The van der Waals surface area contributed by atoms with E-state index in [2.05, 4.69) is 0 Å². The van der Waals surface area contributed by atoms with Crippen molar-refractivity contribution in [3.8, 4) is 11.5 Å². The van der Waals surface area contributed by atoms with Gasteiger partial charge in [0.15, 0.2) is 11.6 Å². The molecule has 43 heavy (non-hydrogen) atoms. The Morgan fingerprint density at radius 1 is 0.674 bits per heavy atom. The van der Waals surface area contributed by atoms with Crippen molar-refractivity contribution >= 4 is 22.7 Å². The summed E-state index contributed by atoms with van der Waals surface area (Å²) in [5.74, 6) is -0.861. The molecule has 2 aliphatic carbocycles. The van der Waals surface area contributed by atoms with Gasteiger partial charge in [-0.25, -0.2) is 0 Å². The fourth-order valence-electron chi connectivity index (χ4n) is 5.95. The second-order valence-electron chi connectivity index (χ2n) is 10.7. The molecule has 0 saturated heterocycles. The summed E-state index contributed by atoms with van der Waals surface area (Å²) in [6.45, 7) is 0. The number of aliphatic hydroxyl groups is 2. The van der Waals surface area contributed by atoms with Crippen LogP contribution >= 0.6 is 0 Å². The van der Waals surface area contributed by atoms with Crippen molar-refractivity contribution in [2.24, 2.45) is 0 Å². The van der Waals surface area contributed by atoms with Gasteiger partial charge in [0.2, 0.25) is 0 Å². The van der Waals surface area contributed by atoms with Crippen LogP contribution < -0.4 is 0 Å². The van der Waals surface area contributed by atoms with Gasteiger partial charge in [0.05, 0.1) is 25.1 Å². The molecule has 2 heterocycles. The van der Waals surface area contributed by atoms with Gasteiger partial charge in [0, 0.05) is 34.1 Å². The Bertz CT molecular complexity index is 1680. The quantitative estimate of drug-likeness (QED) is 0.141. The number of aromatic hydroxyl groups is 2. The molecular weight excluding hydrogens is 548 g/mol. The summed E-state index contributed by atoms with van der Waals surface area (Å²) in [5, 5.41) is 41.5. The van der Waals surface area contributed by atoms with E-state index in [1.54, 1.807) is 60.7 Å². The Hall–Kier alpha value is -5.50. The maximum Gasteiger partial charge on any atom is 0.185 e. The number of furan rings is 2. The average Bonchev–Trinajstić information content (AvgIpc) is 3.74. The number of carbonyl (C=O) groups excluding carboxylic acids is 2. The lowest BCUT2D eigenvalue weighted by molar-refractivity contribution is -0.112. The van der Waals surface area contributed by atoms with Crippen molar-refractivity contribution in [3.05, 3.63) is 143 Å². The molecule has 8 heteroatoms. The van der Waals surface area contributed by atoms with Crippen LogP contribution in [0.1, 0.15) is 58.5 Å². The molecule has 2 aromatic heterocycles. The van der Waals surface area contributed by atoms with Crippen LogP contribution in [0, 0.1) is 0 Å². The fraction of sp³-hybridized carbons (Fsp3) is 0.143. The van der Waals surface area contributed by atoms with Crippen LogP contribution in [-0.2, 0) is 16.0 Å². The summed E-state index contributed by atoms with van der Waals surface area (Å²) in [6, 6.07) is 17.2. The third-order valence-electron chi connectivity index (χ3n) is 8.08. The van der Waals surface area contributed by atoms with Crippen LogP contribution in [0.2, 0.25) is 0 Å². The summed E-state index contributed by atoms with van der Waals surface area (Å²) < 4.78 is 11.0. The number of hydrogen-bond acceptors (Lipinski definition) is 8. The van der Waals surface area contributed by atoms with Crippen LogP contribution in [0.15, 0.2) is 118 Å². The molecule has 0 bridgehead atoms. The lowest BCUT2D eigenvalue weighted by Crippen LogP contribution is -2.17. The van der Waals surface area contributed by atoms with Crippen LogP contribution in [0.4, 0.5) is 0 Å². The number of phenols is 2. The summed E-state index contributed by atoms with van der Waals surface area (Å²) in [6.07, 6.45) is 8.59. The largest absolute Gasteiger partial charge is 0.515 e. The van der Waals surface area contributed by atoms with E-state index in [1.807, 2.05) is 0 Å². The van der Waals surface area contributed by atoms with Crippen molar-refractivity contribution in [2.45, 2.75) is 31.1 Å². The van der Waals surface area contributed by atoms with E-state index >= 15 is 0 Å². The number of benzene rings is 2. The van der Waals surface area contributed by atoms with Crippen molar-refractivity contribution in [1.29, 1.82) is 0 Å². The molecule has 6 rings (SSSR count). The smallest absolute Gasteiger partial charge is 0.185 e. The van der Waals surface area contributed by atoms with E-state index in [0.717, 1.165) is 23.7 Å². The predicted molar refractivity (Wildman–Crippen MR) is 159 cm³/mol. The van der Waals surface area contributed by atoms with E-state index in [4.69, 9.17) is 8.83 Å². The van der Waals surface area contributed by atoms with E-state index in [0.29, 0.717) is 53.1 Å². The van der Waals surface area contributed by atoms with E-state index in [1.165, 1.54) is 24.7 Å². The monoisotopic (exact) mass is 576 g/mol. The van der Waals surface area contributed by atoms with Crippen LogP contribution in [0.3, 0.4) is 0 Å². The number of hydrogen-bond donors (Lipinski definition) is 4. The fourth-order valence-corrected chi connectivity index (χ4v) is 5.95.